The van der Waals surface area contributed by atoms with Crippen molar-refractivity contribution < 1.29 is 13.2 Å². The molecule has 9 heteroatoms. The molecule has 0 atom stereocenters. The first-order valence-corrected chi connectivity index (χ1v) is 11.7. The minimum atomic E-state index is -3.54. The molecule has 0 unspecified atom stereocenters. The van der Waals surface area contributed by atoms with Gasteiger partial charge in [0.05, 0.1) is 4.34 Å². The molecule has 1 aliphatic rings. The van der Waals surface area contributed by atoms with Gasteiger partial charge in [-0.3, -0.25) is 4.79 Å². The number of aromatic nitrogens is 1. The smallest absolute Gasteiger partial charge is 0.252 e. The molecule has 4 rings (SSSR count). The van der Waals surface area contributed by atoms with Crippen molar-refractivity contribution >= 4 is 49.8 Å². The molecule has 148 valence electrons. The molecule has 0 saturated carbocycles. The van der Waals surface area contributed by atoms with Crippen molar-refractivity contribution in [3.8, 4) is 0 Å². The second kappa shape index (κ2) is 7.87. The van der Waals surface area contributed by atoms with E-state index in [2.05, 4.69) is 4.57 Å². The first kappa shape index (κ1) is 19.4. The van der Waals surface area contributed by atoms with Gasteiger partial charge in [-0.05, 0) is 29.7 Å². The molecular formula is C19H20ClN3O3S2. The number of carbonyl (C=O) groups is 1. The van der Waals surface area contributed by atoms with E-state index in [1.54, 1.807) is 11.0 Å². The van der Waals surface area contributed by atoms with Crippen molar-refractivity contribution in [2.45, 2.75) is 17.2 Å². The molecule has 3 aromatic rings. The van der Waals surface area contributed by atoms with Crippen molar-refractivity contribution in [3.05, 3.63) is 53.0 Å². The molecule has 0 bridgehead atoms. The number of hydrogen-bond acceptors (Lipinski definition) is 4. The van der Waals surface area contributed by atoms with E-state index >= 15 is 0 Å². The molecule has 1 fully saturated rings. The van der Waals surface area contributed by atoms with Crippen molar-refractivity contribution in [1.29, 1.82) is 0 Å². The van der Waals surface area contributed by atoms with Crippen LogP contribution in [0.5, 0.6) is 0 Å². The minimum Gasteiger partial charge on any atom is -0.347 e. The highest BCUT2D eigenvalue weighted by Gasteiger charge is 2.31. The molecule has 0 N–H and O–H groups in total. The summed E-state index contributed by atoms with van der Waals surface area (Å²) in [5, 5.41) is 1.16. The third-order valence-electron chi connectivity index (χ3n) is 4.98. The third kappa shape index (κ3) is 3.82. The van der Waals surface area contributed by atoms with Gasteiger partial charge in [0.2, 0.25) is 5.91 Å². The van der Waals surface area contributed by atoms with Crippen LogP contribution in [0.2, 0.25) is 4.34 Å². The monoisotopic (exact) mass is 437 g/mol. The Labute approximate surface area is 173 Å². The Morgan fingerprint density at radius 1 is 1.04 bits per heavy atom. The Bertz CT molecular complexity index is 1100. The second-order valence-electron chi connectivity index (χ2n) is 6.66. The van der Waals surface area contributed by atoms with Crippen LogP contribution in [0.25, 0.3) is 10.9 Å². The largest absolute Gasteiger partial charge is 0.347 e. The Balaban J connectivity index is 1.34. The molecule has 3 heterocycles. The fraction of sp³-hybridized carbons (Fsp3) is 0.316. The SMILES string of the molecule is O=C(CCn1ccc2ccccc21)N1CCN(S(=O)(=O)c2ccc(Cl)s2)CC1. The van der Waals surface area contributed by atoms with Crippen LogP contribution in [0.3, 0.4) is 0 Å². The van der Waals surface area contributed by atoms with E-state index in [1.165, 1.54) is 10.4 Å². The highest BCUT2D eigenvalue weighted by molar-refractivity contribution is 7.91. The van der Waals surface area contributed by atoms with Crippen LogP contribution in [0.4, 0.5) is 0 Å². The summed E-state index contributed by atoms with van der Waals surface area (Å²) in [5.74, 6) is 0.0500. The standard InChI is InChI=1S/C19H20ClN3O3S2/c20-17-5-6-19(27-17)28(25,26)23-13-11-22(12-14-23)18(24)8-10-21-9-7-15-3-1-2-4-16(15)21/h1-7,9H,8,10-14H2. The molecule has 2 aromatic heterocycles. The van der Waals surface area contributed by atoms with Crippen LogP contribution >= 0.6 is 22.9 Å². The van der Waals surface area contributed by atoms with Crippen molar-refractivity contribution in [1.82, 2.24) is 13.8 Å². The fourth-order valence-corrected chi connectivity index (χ4v) is 6.51. The van der Waals surface area contributed by atoms with E-state index < -0.39 is 10.0 Å². The van der Waals surface area contributed by atoms with Crippen molar-refractivity contribution in [3.63, 3.8) is 0 Å². The lowest BCUT2D eigenvalue weighted by atomic mass is 10.2. The summed E-state index contributed by atoms with van der Waals surface area (Å²) in [5.41, 5.74) is 1.11. The van der Waals surface area contributed by atoms with Gasteiger partial charge in [-0.2, -0.15) is 4.31 Å². The van der Waals surface area contributed by atoms with Gasteiger partial charge in [0.25, 0.3) is 10.0 Å². The molecule has 6 nitrogen and oxygen atoms in total. The Kier molecular flexibility index (Phi) is 5.46. The van der Waals surface area contributed by atoms with E-state index in [1.807, 2.05) is 36.5 Å². The number of rotatable bonds is 5. The van der Waals surface area contributed by atoms with E-state index in [9.17, 15) is 13.2 Å². The maximum atomic E-state index is 12.7. The summed E-state index contributed by atoms with van der Waals surface area (Å²) in [4.78, 5) is 14.3. The van der Waals surface area contributed by atoms with Crippen molar-refractivity contribution in [2.75, 3.05) is 26.2 Å². The van der Waals surface area contributed by atoms with Gasteiger partial charge in [0.1, 0.15) is 4.21 Å². The lowest BCUT2D eigenvalue weighted by Gasteiger charge is -2.33. The number of nitrogens with zero attached hydrogens (tertiary/aromatic N) is 3. The molecule has 1 aromatic carbocycles. The number of amides is 1. The van der Waals surface area contributed by atoms with Gasteiger partial charge in [-0.15, -0.1) is 11.3 Å². The summed E-state index contributed by atoms with van der Waals surface area (Å²) in [6, 6.07) is 13.2. The molecule has 1 saturated heterocycles. The summed E-state index contributed by atoms with van der Waals surface area (Å²) in [6.07, 6.45) is 2.39. The number of para-hydroxylation sites is 1. The Morgan fingerprint density at radius 3 is 2.50 bits per heavy atom. The molecule has 0 spiro atoms. The summed E-state index contributed by atoms with van der Waals surface area (Å²) < 4.78 is 29.5. The van der Waals surface area contributed by atoms with E-state index in [4.69, 9.17) is 11.6 Å². The fourth-order valence-electron chi connectivity index (χ4n) is 3.45. The van der Waals surface area contributed by atoms with E-state index in [-0.39, 0.29) is 10.1 Å². The number of aryl methyl sites for hydroxylation is 1. The van der Waals surface area contributed by atoms with Crippen LogP contribution in [-0.2, 0) is 21.4 Å². The van der Waals surface area contributed by atoms with Crippen LogP contribution in [0, 0.1) is 0 Å². The number of thiophene rings is 1. The van der Waals surface area contributed by atoms with Gasteiger partial charge < -0.3 is 9.47 Å². The first-order valence-electron chi connectivity index (χ1n) is 9.02. The summed E-state index contributed by atoms with van der Waals surface area (Å²) in [7, 11) is -3.54. The average Bonchev–Trinajstić information content (AvgIpc) is 3.33. The van der Waals surface area contributed by atoms with Crippen molar-refractivity contribution in [2.24, 2.45) is 0 Å². The molecule has 1 amide bonds. The number of hydrogen-bond donors (Lipinski definition) is 0. The lowest BCUT2D eigenvalue weighted by Crippen LogP contribution is -2.50. The summed E-state index contributed by atoms with van der Waals surface area (Å²) >= 11 is 6.92. The van der Waals surface area contributed by atoms with Gasteiger partial charge in [-0.25, -0.2) is 8.42 Å². The van der Waals surface area contributed by atoms with Crippen LogP contribution in [0.15, 0.2) is 52.9 Å². The Morgan fingerprint density at radius 2 is 1.79 bits per heavy atom. The van der Waals surface area contributed by atoms with Gasteiger partial charge in [0.15, 0.2) is 0 Å². The molecular weight excluding hydrogens is 418 g/mol. The number of sulfonamides is 1. The maximum Gasteiger partial charge on any atom is 0.252 e. The van der Waals surface area contributed by atoms with E-state index in [0.29, 0.717) is 43.5 Å². The maximum absolute atomic E-state index is 12.7. The second-order valence-corrected chi connectivity index (χ2v) is 10.5. The minimum absolute atomic E-state index is 0.0500. The highest BCUT2D eigenvalue weighted by Crippen LogP contribution is 2.28. The third-order valence-corrected chi connectivity index (χ3v) is 8.58. The number of benzene rings is 1. The lowest BCUT2D eigenvalue weighted by molar-refractivity contribution is -0.132. The van der Waals surface area contributed by atoms with Crippen LogP contribution in [0.1, 0.15) is 6.42 Å². The molecule has 28 heavy (non-hydrogen) atoms. The topological polar surface area (TPSA) is 62.6 Å². The summed E-state index contributed by atoms with van der Waals surface area (Å²) in [6.45, 7) is 2.03. The molecule has 1 aliphatic heterocycles. The normalized spacial score (nSPS) is 16.0. The zero-order chi connectivity index (χ0) is 19.7. The molecule has 0 aliphatic carbocycles. The zero-order valence-electron chi connectivity index (χ0n) is 15.1. The number of carbonyl (C=O) groups excluding carboxylic acids is 1. The number of piperazine rings is 1. The van der Waals surface area contributed by atoms with E-state index in [0.717, 1.165) is 22.2 Å². The number of fused-ring (bicyclic) bond motifs is 1. The Hall–Kier alpha value is -1.87. The predicted octanol–water partition coefficient (Wildman–Crippen LogP) is 3.28. The molecule has 0 radical (unpaired) electrons. The van der Waals surface area contributed by atoms with Gasteiger partial charge in [0, 0.05) is 50.9 Å². The number of halogens is 1. The quantitative estimate of drug-likeness (QED) is 0.615. The average molecular weight is 438 g/mol. The van der Waals surface area contributed by atoms with Gasteiger partial charge >= 0.3 is 0 Å². The van der Waals surface area contributed by atoms with Gasteiger partial charge in [-0.1, -0.05) is 29.8 Å². The van der Waals surface area contributed by atoms with Crippen LogP contribution in [-0.4, -0.2) is 54.3 Å². The zero-order valence-corrected chi connectivity index (χ0v) is 17.5. The highest BCUT2D eigenvalue weighted by atomic mass is 35.5. The first-order chi connectivity index (χ1) is 13.4. The predicted molar refractivity (Wildman–Crippen MR) is 111 cm³/mol. The van der Waals surface area contributed by atoms with Crippen LogP contribution < -0.4 is 0 Å².